The predicted molar refractivity (Wildman–Crippen MR) is 94.6 cm³/mol. The van der Waals surface area contributed by atoms with Crippen molar-refractivity contribution >= 4 is 5.97 Å². The average Bonchev–Trinajstić information content (AvgIpc) is 2.53. The zero-order valence-corrected chi connectivity index (χ0v) is 15.2. The van der Waals surface area contributed by atoms with Crippen LogP contribution in [0.15, 0.2) is 12.2 Å². The van der Waals surface area contributed by atoms with E-state index < -0.39 is 0 Å². The lowest BCUT2D eigenvalue weighted by Gasteiger charge is -2.17. The molecule has 0 spiro atoms. The number of nitrogens with zero attached hydrogens (tertiary/aromatic N) is 1. The van der Waals surface area contributed by atoms with E-state index in [1.54, 1.807) is 5.06 Å². The van der Waals surface area contributed by atoms with Crippen molar-refractivity contribution in [3.05, 3.63) is 12.2 Å². The predicted octanol–water partition coefficient (Wildman–Crippen LogP) is 5.65. The zero-order chi connectivity index (χ0) is 16.6. The molecule has 0 aliphatic rings. The van der Waals surface area contributed by atoms with Crippen LogP contribution in [0.2, 0.25) is 0 Å². The second-order valence-corrected chi connectivity index (χ2v) is 6.03. The van der Waals surface area contributed by atoms with Gasteiger partial charge >= 0.3 is 5.97 Å². The molecule has 0 rings (SSSR count). The summed E-state index contributed by atoms with van der Waals surface area (Å²) in [6.45, 7) is 11.5. The number of unbranched alkanes of at least 4 members (excludes halogenated alkanes) is 9. The molecule has 0 saturated carbocycles. The van der Waals surface area contributed by atoms with Crippen molar-refractivity contribution in [1.29, 1.82) is 0 Å². The number of hydrogen-bond donors (Lipinski definition) is 0. The summed E-state index contributed by atoms with van der Waals surface area (Å²) in [6.07, 6.45) is 13.8. The van der Waals surface area contributed by atoms with Gasteiger partial charge in [0.05, 0.1) is 0 Å². The molecule has 0 unspecified atom stereocenters. The lowest BCUT2D eigenvalue weighted by Crippen LogP contribution is -2.27. The minimum absolute atomic E-state index is 0.264. The van der Waals surface area contributed by atoms with Crippen molar-refractivity contribution in [2.24, 2.45) is 0 Å². The summed E-state index contributed by atoms with van der Waals surface area (Å²) in [4.78, 5) is 17.0. The number of carbonyl (C=O) groups excluding carboxylic acids is 1. The Morgan fingerprint density at radius 1 is 0.818 bits per heavy atom. The van der Waals surface area contributed by atoms with Gasteiger partial charge in [-0.3, -0.25) is 0 Å². The van der Waals surface area contributed by atoms with Gasteiger partial charge < -0.3 is 4.84 Å². The van der Waals surface area contributed by atoms with Gasteiger partial charge in [0, 0.05) is 18.7 Å². The summed E-state index contributed by atoms with van der Waals surface area (Å²) in [6, 6.07) is 0. The molecule has 0 amide bonds. The third kappa shape index (κ3) is 11.8. The minimum atomic E-state index is -0.264. The van der Waals surface area contributed by atoms with Crippen molar-refractivity contribution < 1.29 is 9.63 Å². The highest BCUT2D eigenvalue weighted by Gasteiger charge is 2.12. The summed E-state index contributed by atoms with van der Waals surface area (Å²) in [5, 5.41) is 1.66. The Balaban J connectivity index is 3.46. The van der Waals surface area contributed by atoms with Crippen LogP contribution in [-0.2, 0) is 9.63 Å². The van der Waals surface area contributed by atoms with E-state index in [0.29, 0.717) is 18.7 Å². The van der Waals surface area contributed by atoms with Crippen LogP contribution in [0.1, 0.15) is 91.4 Å². The van der Waals surface area contributed by atoms with E-state index in [9.17, 15) is 4.79 Å². The van der Waals surface area contributed by atoms with E-state index >= 15 is 0 Å². The van der Waals surface area contributed by atoms with Gasteiger partial charge in [-0.2, -0.15) is 0 Å². The molecular weight excluding hydrogens is 274 g/mol. The van der Waals surface area contributed by atoms with Crippen LogP contribution in [0.25, 0.3) is 0 Å². The van der Waals surface area contributed by atoms with E-state index in [4.69, 9.17) is 4.84 Å². The number of carbonyl (C=O) groups is 1. The first-order valence-corrected chi connectivity index (χ1v) is 9.30. The Hall–Kier alpha value is -0.830. The smallest absolute Gasteiger partial charge is 0.352 e. The highest BCUT2D eigenvalue weighted by atomic mass is 16.7. The molecule has 3 nitrogen and oxygen atoms in total. The highest BCUT2D eigenvalue weighted by Crippen LogP contribution is 2.14. The van der Waals surface area contributed by atoms with Crippen LogP contribution in [0.5, 0.6) is 0 Å². The molecule has 0 bridgehead atoms. The van der Waals surface area contributed by atoms with E-state index in [1.165, 1.54) is 57.8 Å². The summed E-state index contributed by atoms with van der Waals surface area (Å²) >= 11 is 0. The van der Waals surface area contributed by atoms with Gasteiger partial charge in [-0.1, -0.05) is 71.3 Å². The SMILES string of the molecule is C=C(CCCCCCCCCCCC)C(=O)ON(CC)CC. The van der Waals surface area contributed by atoms with Crippen LogP contribution in [-0.4, -0.2) is 24.1 Å². The second kappa shape index (κ2) is 15.1. The first-order valence-electron chi connectivity index (χ1n) is 9.30. The van der Waals surface area contributed by atoms with Crippen LogP contribution in [0.4, 0.5) is 0 Å². The number of hydrogen-bond acceptors (Lipinski definition) is 3. The van der Waals surface area contributed by atoms with Crippen molar-refractivity contribution in [3.63, 3.8) is 0 Å². The molecule has 0 radical (unpaired) electrons. The maximum absolute atomic E-state index is 11.8. The number of rotatable bonds is 15. The summed E-state index contributed by atoms with van der Waals surface area (Å²) in [5.41, 5.74) is 0.603. The molecule has 0 atom stereocenters. The summed E-state index contributed by atoms with van der Waals surface area (Å²) in [5.74, 6) is -0.264. The second-order valence-electron chi connectivity index (χ2n) is 6.03. The Morgan fingerprint density at radius 3 is 1.73 bits per heavy atom. The minimum Gasteiger partial charge on any atom is -0.364 e. The fraction of sp³-hybridized carbons (Fsp3) is 0.842. The Morgan fingerprint density at radius 2 is 1.27 bits per heavy atom. The average molecular weight is 312 g/mol. The maximum Gasteiger partial charge on any atom is 0.352 e. The molecule has 0 saturated heterocycles. The molecule has 0 aromatic carbocycles. The molecule has 0 aliphatic heterocycles. The molecule has 3 heteroatoms. The molecule has 0 aliphatic carbocycles. The van der Waals surface area contributed by atoms with Crippen LogP contribution in [0.3, 0.4) is 0 Å². The van der Waals surface area contributed by atoms with Gasteiger partial charge in [0.25, 0.3) is 0 Å². The Kier molecular flexibility index (Phi) is 14.5. The third-order valence-corrected chi connectivity index (χ3v) is 4.04. The van der Waals surface area contributed by atoms with Gasteiger partial charge in [0.15, 0.2) is 0 Å². The largest absolute Gasteiger partial charge is 0.364 e. The molecule has 130 valence electrons. The lowest BCUT2D eigenvalue weighted by atomic mass is 10.0. The van der Waals surface area contributed by atoms with Crippen LogP contribution < -0.4 is 0 Å². The maximum atomic E-state index is 11.8. The summed E-state index contributed by atoms with van der Waals surface area (Å²) in [7, 11) is 0. The van der Waals surface area contributed by atoms with Crippen LogP contribution in [0, 0.1) is 0 Å². The molecule has 0 N–H and O–H groups in total. The zero-order valence-electron chi connectivity index (χ0n) is 15.2. The first kappa shape index (κ1) is 21.2. The van der Waals surface area contributed by atoms with E-state index in [0.717, 1.165) is 12.8 Å². The van der Waals surface area contributed by atoms with Crippen molar-refractivity contribution in [2.45, 2.75) is 91.4 Å². The molecule has 0 fully saturated rings. The van der Waals surface area contributed by atoms with Crippen molar-refractivity contribution in [1.82, 2.24) is 5.06 Å². The molecule has 22 heavy (non-hydrogen) atoms. The summed E-state index contributed by atoms with van der Waals surface area (Å²) < 4.78 is 0. The topological polar surface area (TPSA) is 29.5 Å². The normalized spacial score (nSPS) is 10.9. The fourth-order valence-electron chi connectivity index (χ4n) is 2.46. The van der Waals surface area contributed by atoms with Gasteiger partial charge in [0.2, 0.25) is 0 Å². The van der Waals surface area contributed by atoms with Crippen molar-refractivity contribution in [3.8, 4) is 0 Å². The van der Waals surface area contributed by atoms with Gasteiger partial charge in [-0.15, -0.1) is 5.06 Å². The van der Waals surface area contributed by atoms with Gasteiger partial charge in [-0.05, 0) is 26.7 Å². The van der Waals surface area contributed by atoms with Crippen LogP contribution >= 0.6 is 0 Å². The highest BCUT2D eigenvalue weighted by molar-refractivity contribution is 5.87. The quantitative estimate of drug-likeness (QED) is 0.222. The van der Waals surface area contributed by atoms with Gasteiger partial charge in [0.1, 0.15) is 0 Å². The Labute approximate surface area is 138 Å². The van der Waals surface area contributed by atoms with E-state index in [2.05, 4.69) is 13.5 Å². The molecule has 0 aromatic rings. The standard InChI is InChI=1S/C19H37NO2/c1-5-8-9-10-11-12-13-14-15-16-17-18(4)19(21)22-20(6-2)7-3/h4-17H2,1-3H3. The molecule has 0 aromatic heterocycles. The molecular formula is C19H37NO2. The van der Waals surface area contributed by atoms with Gasteiger partial charge in [-0.25, -0.2) is 4.79 Å². The fourth-order valence-corrected chi connectivity index (χ4v) is 2.46. The van der Waals surface area contributed by atoms with Crippen molar-refractivity contribution in [2.75, 3.05) is 13.1 Å². The Bertz CT molecular complexity index is 285. The van der Waals surface area contributed by atoms with E-state index in [1.807, 2.05) is 13.8 Å². The molecule has 0 heterocycles. The lowest BCUT2D eigenvalue weighted by molar-refractivity contribution is -0.183. The monoisotopic (exact) mass is 311 g/mol. The number of hydroxylamine groups is 2. The first-order chi connectivity index (χ1) is 10.7. The van der Waals surface area contributed by atoms with E-state index in [-0.39, 0.29) is 5.97 Å². The third-order valence-electron chi connectivity index (χ3n) is 4.04.